The molecule has 2 aliphatic carbocycles. The van der Waals surface area contributed by atoms with Gasteiger partial charge in [-0.05, 0) is 28.9 Å². The van der Waals surface area contributed by atoms with Gasteiger partial charge in [-0.15, -0.1) is 0 Å². The minimum Gasteiger partial charge on any atom is -0.375 e. The van der Waals surface area contributed by atoms with Crippen LogP contribution in [-0.2, 0) is 10.1 Å². The first-order chi connectivity index (χ1) is 8.79. The fraction of sp³-hybridized carbons (Fsp3) is 0.167. The summed E-state index contributed by atoms with van der Waals surface area (Å²) < 4.78 is 63.3. The van der Waals surface area contributed by atoms with E-state index in [-0.39, 0.29) is 5.75 Å². The molecule has 0 atom stereocenters. The van der Waals surface area contributed by atoms with Gasteiger partial charge in [0.2, 0.25) is 0 Å². The molecule has 3 rings (SSSR count). The van der Waals surface area contributed by atoms with Crippen LogP contribution < -0.4 is 14.6 Å². The Morgan fingerprint density at radius 1 is 1.11 bits per heavy atom. The van der Waals surface area contributed by atoms with Crippen LogP contribution in [0.1, 0.15) is 6.42 Å². The zero-order valence-electron chi connectivity index (χ0n) is 9.36. The summed E-state index contributed by atoms with van der Waals surface area (Å²) in [5, 5.41) is 1.17. The van der Waals surface area contributed by atoms with Gasteiger partial charge in [-0.2, -0.15) is 21.6 Å². The lowest BCUT2D eigenvalue weighted by molar-refractivity contribution is -0.0500. The van der Waals surface area contributed by atoms with Crippen LogP contribution in [0.4, 0.5) is 13.2 Å². The third-order valence-corrected chi connectivity index (χ3v) is 4.01. The molecule has 0 saturated heterocycles. The van der Waals surface area contributed by atoms with Gasteiger partial charge in [0.1, 0.15) is 0 Å². The van der Waals surface area contributed by atoms with Crippen LogP contribution in [0.2, 0.25) is 0 Å². The van der Waals surface area contributed by atoms with Crippen molar-refractivity contribution in [1.29, 1.82) is 0 Å². The highest BCUT2D eigenvalue weighted by Crippen LogP contribution is 2.29. The predicted molar refractivity (Wildman–Crippen MR) is 61.9 cm³/mol. The first-order valence-electron chi connectivity index (χ1n) is 5.34. The number of alkyl halides is 3. The second kappa shape index (κ2) is 3.63. The van der Waals surface area contributed by atoms with E-state index in [1.807, 2.05) is 6.08 Å². The normalized spacial score (nSPS) is 17.0. The Morgan fingerprint density at radius 3 is 2.47 bits per heavy atom. The number of halogens is 3. The average Bonchev–Trinajstić information content (AvgIpc) is 2.88. The highest BCUT2D eigenvalue weighted by molar-refractivity contribution is 7.88. The molecule has 0 amide bonds. The Balaban J connectivity index is 2.17. The Hall–Kier alpha value is -1.76. The molecule has 3 nitrogen and oxygen atoms in total. The zero-order chi connectivity index (χ0) is 13.8. The molecule has 100 valence electrons. The van der Waals surface area contributed by atoms with Crippen LogP contribution >= 0.6 is 0 Å². The van der Waals surface area contributed by atoms with E-state index in [2.05, 4.69) is 4.18 Å². The fourth-order valence-corrected chi connectivity index (χ4v) is 2.72. The quantitative estimate of drug-likeness (QED) is 0.606. The van der Waals surface area contributed by atoms with Crippen molar-refractivity contribution in [3.05, 3.63) is 40.8 Å². The first kappa shape index (κ1) is 12.3. The van der Waals surface area contributed by atoms with E-state index in [0.29, 0.717) is 11.6 Å². The molecule has 1 aromatic rings. The smallest absolute Gasteiger partial charge is 0.375 e. The maximum Gasteiger partial charge on any atom is 0.534 e. The molecule has 0 heterocycles. The van der Waals surface area contributed by atoms with Gasteiger partial charge in [-0.1, -0.05) is 24.3 Å². The summed E-state index contributed by atoms with van der Waals surface area (Å²) in [5.74, 6) is -0.274. The summed E-state index contributed by atoms with van der Waals surface area (Å²) in [4.78, 5) is 0. The van der Waals surface area contributed by atoms with Crippen molar-refractivity contribution in [2.24, 2.45) is 0 Å². The van der Waals surface area contributed by atoms with Crippen molar-refractivity contribution in [3.8, 4) is 5.75 Å². The lowest BCUT2D eigenvalue weighted by Gasteiger charge is -2.10. The van der Waals surface area contributed by atoms with Crippen LogP contribution in [0.3, 0.4) is 0 Å². The molecule has 0 radical (unpaired) electrons. The Kier molecular flexibility index (Phi) is 2.35. The van der Waals surface area contributed by atoms with Crippen LogP contribution in [-0.4, -0.2) is 13.9 Å². The Bertz CT molecular complexity index is 817. The third-order valence-electron chi connectivity index (χ3n) is 3.04. The molecule has 19 heavy (non-hydrogen) atoms. The molecule has 0 spiro atoms. The standard InChI is InChI=1S/C12H7F3O3S/c13-12(14,15)19(16,17)18-10-3-1-2-9-7-4-5-8(6-7)11(9)10/h1-5H,6H2. The van der Waals surface area contributed by atoms with Crippen molar-refractivity contribution in [3.63, 3.8) is 0 Å². The number of allylic oxidation sites excluding steroid dienone is 2. The Morgan fingerprint density at radius 2 is 1.79 bits per heavy atom. The summed E-state index contributed by atoms with van der Waals surface area (Å²) in [6.07, 6.45) is 4.21. The average molecular weight is 288 g/mol. The summed E-state index contributed by atoms with van der Waals surface area (Å²) in [6.45, 7) is 0. The molecule has 1 aromatic carbocycles. The molecule has 2 bridgehead atoms. The molecule has 0 N–H and O–H groups in total. The highest BCUT2D eigenvalue weighted by Gasteiger charge is 2.48. The van der Waals surface area contributed by atoms with Crippen molar-refractivity contribution in [2.45, 2.75) is 11.9 Å². The summed E-state index contributed by atoms with van der Waals surface area (Å²) in [6, 6.07) is 4.43. The second-order valence-electron chi connectivity index (χ2n) is 4.22. The first-order valence-corrected chi connectivity index (χ1v) is 6.75. The molecule has 0 aliphatic heterocycles. The lowest BCUT2D eigenvalue weighted by Crippen LogP contribution is -2.33. The molecule has 0 saturated carbocycles. The van der Waals surface area contributed by atoms with E-state index in [4.69, 9.17) is 0 Å². The predicted octanol–water partition coefficient (Wildman–Crippen LogP) is 1.19. The van der Waals surface area contributed by atoms with E-state index in [9.17, 15) is 21.6 Å². The van der Waals surface area contributed by atoms with E-state index < -0.39 is 15.6 Å². The number of hydrogen-bond acceptors (Lipinski definition) is 3. The summed E-state index contributed by atoms with van der Waals surface area (Å²) in [5.41, 5.74) is -3.70. The fourth-order valence-electron chi connectivity index (χ4n) is 2.25. The minimum absolute atomic E-state index is 0.274. The maximum absolute atomic E-state index is 12.3. The van der Waals surface area contributed by atoms with Crippen molar-refractivity contribution >= 4 is 21.3 Å². The van der Waals surface area contributed by atoms with Crippen LogP contribution in [0.15, 0.2) is 30.4 Å². The second-order valence-corrected chi connectivity index (χ2v) is 5.76. The minimum atomic E-state index is -5.64. The molecule has 0 unspecified atom stereocenters. The molecular formula is C12H7F3O3S. The van der Waals surface area contributed by atoms with Gasteiger partial charge in [0, 0.05) is 5.22 Å². The number of fused-ring (bicyclic) bond motifs is 3. The van der Waals surface area contributed by atoms with Crippen molar-refractivity contribution < 1.29 is 25.8 Å². The molecular weight excluding hydrogens is 281 g/mol. The van der Waals surface area contributed by atoms with Crippen molar-refractivity contribution in [2.75, 3.05) is 0 Å². The van der Waals surface area contributed by atoms with E-state index in [0.717, 1.165) is 16.4 Å². The largest absolute Gasteiger partial charge is 0.534 e. The van der Waals surface area contributed by atoms with Crippen LogP contribution in [0.5, 0.6) is 5.75 Å². The highest BCUT2D eigenvalue weighted by atomic mass is 32.2. The molecule has 2 aliphatic rings. The van der Waals surface area contributed by atoms with E-state index in [1.54, 1.807) is 12.1 Å². The monoisotopic (exact) mass is 288 g/mol. The van der Waals surface area contributed by atoms with Gasteiger partial charge in [0.15, 0.2) is 5.75 Å². The van der Waals surface area contributed by atoms with Gasteiger partial charge in [-0.3, -0.25) is 0 Å². The molecule has 0 aromatic heterocycles. The molecule has 7 heteroatoms. The zero-order valence-corrected chi connectivity index (χ0v) is 10.2. The number of hydrogen-bond donors (Lipinski definition) is 0. The SMILES string of the molecule is O=S(=O)(Oc1cccc2c1=C1C=CC=2C1)C(F)(F)F. The van der Waals surface area contributed by atoms with Gasteiger partial charge >= 0.3 is 15.6 Å². The summed E-state index contributed by atoms with van der Waals surface area (Å²) in [7, 11) is -5.64. The van der Waals surface area contributed by atoms with Crippen LogP contribution in [0.25, 0.3) is 11.1 Å². The molecule has 0 fully saturated rings. The topological polar surface area (TPSA) is 43.4 Å². The van der Waals surface area contributed by atoms with Gasteiger partial charge in [-0.25, -0.2) is 0 Å². The third kappa shape index (κ3) is 1.76. The van der Waals surface area contributed by atoms with E-state index >= 15 is 0 Å². The van der Waals surface area contributed by atoms with Gasteiger partial charge in [0.05, 0.1) is 0 Å². The van der Waals surface area contributed by atoms with Crippen LogP contribution in [0, 0.1) is 0 Å². The van der Waals surface area contributed by atoms with Crippen molar-refractivity contribution in [1.82, 2.24) is 0 Å². The number of benzene rings is 1. The van der Waals surface area contributed by atoms with E-state index in [1.165, 1.54) is 12.1 Å². The van der Waals surface area contributed by atoms with Gasteiger partial charge in [0.25, 0.3) is 0 Å². The van der Waals surface area contributed by atoms with Gasteiger partial charge < -0.3 is 4.18 Å². The maximum atomic E-state index is 12.3. The Labute approximate surface area is 106 Å². The number of rotatable bonds is 2. The lowest BCUT2D eigenvalue weighted by atomic mass is 10.1. The summed E-state index contributed by atoms with van der Waals surface area (Å²) >= 11 is 0.